The fourth-order valence-corrected chi connectivity index (χ4v) is 3.52. The van der Waals surface area contributed by atoms with Gasteiger partial charge < -0.3 is 9.47 Å². The summed E-state index contributed by atoms with van der Waals surface area (Å²) < 4.78 is 10.2. The summed E-state index contributed by atoms with van der Waals surface area (Å²) in [5.41, 5.74) is 1.66. The molecule has 0 atom stereocenters. The Balaban J connectivity index is 1.70. The molecular formula is C20H16ClNO5S. The summed E-state index contributed by atoms with van der Waals surface area (Å²) in [5, 5.41) is -0.131. The lowest BCUT2D eigenvalue weighted by Crippen LogP contribution is -2.34. The van der Waals surface area contributed by atoms with Gasteiger partial charge in [0.1, 0.15) is 18.9 Å². The van der Waals surface area contributed by atoms with Crippen LogP contribution < -0.4 is 4.74 Å². The summed E-state index contributed by atoms with van der Waals surface area (Å²) in [4.78, 5) is 36.7. The normalized spacial score (nSPS) is 15.2. The van der Waals surface area contributed by atoms with Gasteiger partial charge in [-0.3, -0.25) is 19.3 Å². The molecule has 28 heavy (non-hydrogen) atoms. The van der Waals surface area contributed by atoms with Crippen LogP contribution in [0.5, 0.6) is 5.75 Å². The number of ether oxygens (including phenoxy) is 2. The zero-order valence-corrected chi connectivity index (χ0v) is 16.5. The molecule has 0 bridgehead atoms. The van der Waals surface area contributed by atoms with Crippen LogP contribution >= 0.6 is 23.4 Å². The standard InChI is InChI=1S/C20H16ClNO5S/c1-26-18(23)11-22-19(24)17(28-20(22)25)10-14-7-8-16(15(21)9-14)27-12-13-5-3-2-4-6-13/h2-10H,11-12H2,1H3/b17-10-. The van der Waals surface area contributed by atoms with E-state index in [1.165, 1.54) is 7.11 Å². The molecular weight excluding hydrogens is 402 g/mol. The smallest absolute Gasteiger partial charge is 0.325 e. The maximum Gasteiger partial charge on any atom is 0.325 e. The molecule has 0 N–H and O–H groups in total. The van der Waals surface area contributed by atoms with Crippen LogP contribution in [0.4, 0.5) is 4.79 Å². The van der Waals surface area contributed by atoms with Crippen molar-refractivity contribution in [1.82, 2.24) is 4.90 Å². The van der Waals surface area contributed by atoms with E-state index in [9.17, 15) is 14.4 Å². The van der Waals surface area contributed by atoms with Gasteiger partial charge in [0.15, 0.2) is 0 Å². The number of methoxy groups -OCH3 is 1. The summed E-state index contributed by atoms with van der Waals surface area (Å²) in [6.07, 6.45) is 1.55. The van der Waals surface area contributed by atoms with E-state index in [4.69, 9.17) is 16.3 Å². The second kappa shape index (κ2) is 8.95. The lowest BCUT2D eigenvalue weighted by atomic mass is 10.2. The zero-order chi connectivity index (χ0) is 20.1. The highest BCUT2D eigenvalue weighted by molar-refractivity contribution is 8.18. The van der Waals surface area contributed by atoms with Crippen molar-refractivity contribution in [2.24, 2.45) is 0 Å². The molecule has 3 rings (SSSR count). The number of hydrogen-bond acceptors (Lipinski definition) is 6. The van der Waals surface area contributed by atoms with Gasteiger partial charge in [0.25, 0.3) is 11.1 Å². The fraction of sp³-hybridized carbons (Fsp3) is 0.150. The molecule has 0 spiro atoms. The molecule has 1 aliphatic heterocycles. The fourth-order valence-electron chi connectivity index (χ4n) is 2.44. The van der Waals surface area contributed by atoms with E-state index in [0.717, 1.165) is 22.2 Å². The number of nitrogens with zero attached hydrogens (tertiary/aromatic N) is 1. The predicted molar refractivity (Wildman–Crippen MR) is 107 cm³/mol. The van der Waals surface area contributed by atoms with Crippen LogP contribution in [-0.2, 0) is 20.9 Å². The topological polar surface area (TPSA) is 72.9 Å². The molecule has 0 aliphatic carbocycles. The number of halogens is 1. The Morgan fingerprint density at radius 1 is 1.18 bits per heavy atom. The molecule has 2 amide bonds. The van der Waals surface area contributed by atoms with E-state index in [0.29, 0.717) is 22.9 Å². The number of benzene rings is 2. The summed E-state index contributed by atoms with van der Waals surface area (Å²) in [5.74, 6) is -0.686. The van der Waals surface area contributed by atoms with Crippen LogP contribution in [0.3, 0.4) is 0 Å². The molecule has 2 aromatic carbocycles. The number of imide groups is 1. The Morgan fingerprint density at radius 2 is 1.93 bits per heavy atom. The molecule has 0 unspecified atom stereocenters. The molecule has 1 saturated heterocycles. The number of amides is 2. The van der Waals surface area contributed by atoms with Gasteiger partial charge in [0.2, 0.25) is 0 Å². The van der Waals surface area contributed by atoms with Crippen LogP contribution in [0.25, 0.3) is 6.08 Å². The molecule has 1 aliphatic rings. The summed E-state index contributed by atoms with van der Waals surface area (Å²) >= 11 is 7.04. The van der Waals surface area contributed by atoms with Gasteiger partial charge in [-0.15, -0.1) is 0 Å². The molecule has 2 aromatic rings. The van der Waals surface area contributed by atoms with Crippen molar-refractivity contribution in [1.29, 1.82) is 0 Å². The lowest BCUT2D eigenvalue weighted by molar-refractivity contribution is -0.143. The number of carbonyl (C=O) groups is 3. The lowest BCUT2D eigenvalue weighted by Gasteiger charge is -2.10. The monoisotopic (exact) mass is 417 g/mol. The minimum absolute atomic E-state index is 0.211. The highest BCUT2D eigenvalue weighted by Crippen LogP contribution is 2.33. The average molecular weight is 418 g/mol. The van der Waals surface area contributed by atoms with E-state index < -0.39 is 23.7 Å². The van der Waals surface area contributed by atoms with Gasteiger partial charge in [-0.1, -0.05) is 48.0 Å². The largest absolute Gasteiger partial charge is 0.487 e. The first-order valence-corrected chi connectivity index (χ1v) is 9.46. The minimum Gasteiger partial charge on any atom is -0.487 e. The van der Waals surface area contributed by atoms with Crippen molar-refractivity contribution in [2.75, 3.05) is 13.7 Å². The Hall–Kier alpha value is -2.77. The van der Waals surface area contributed by atoms with E-state index in [2.05, 4.69) is 4.74 Å². The van der Waals surface area contributed by atoms with Crippen LogP contribution in [0.2, 0.25) is 5.02 Å². The average Bonchev–Trinajstić information content (AvgIpc) is 2.95. The minimum atomic E-state index is -0.661. The molecule has 8 heteroatoms. The summed E-state index contributed by atoms with van der Waals surface area (Å²) in [6, 6.07) is 14.8. The van der Waals surface area contributed by atoms with Crippen molar-refractivity contribution >= 4 is 46.6 Å². The van der Waals surface area contributed by atoms with Gasteiger partial charge in [-0.05, 0) is 41.1 Å². The van der Waals surface area contributed by atoms with Crippen molar-refractivity contribution in [3.05, 3.63) is 69.6 Å². The molecule has 144 valence electrons. The first kappa shape index (κ1) is 20.0. The Bertz CT molecular complexity index is 945. The van der Waals surface area contributed by atoms with E-state index in [1.807, 2.05) is 30.3 Å². The van der Waals surface area contributed by atoms with Gasteiger partial charge in [-0.2, -0.15) is 0 Å². The maximum absolute atomic E-state index is 12.3. The number of rotatable bonds is 6. The van der Waals surface area contributed by atoms with Crippen molar-refractivity contribution in [3.8, 4) is 5.75 Å². The summed E-state index contributed by atoms with van der Waals surface area (Å²) in [7, 11) is 1.20. The van der Waals surface area contributed by atoms with Crippen LogP contribution in [0.1, 0.15) is 11.1 Å². The van der Waals surface area contributed by atoms with Gasteiger partial charge in [0.05, 0.1) is 17.0 Å². The quantitative estimate of drug-likeness (QED) is 0.519. The second-order valence-electron chi connectivity index (χ2n) is 5.81. The van der Waals surface area contributed by atoms with Crippen molar-refractivity contribution in [2.45, 2.75) is 6.61 Å². The van der Waals surface area contributed by atoms with E-state index in [1.54, 1.807) is 24.3 Å². The number of hydrogen-bond donors (Lipinski definition) is 0. The van der Waals surface area contributed by atoms with Gasteiger partial charge in [-0.25, -0.2) is 0 Å². The third-order valence-corrected chi connectivity index (χ3v) is 5.08. The molecule has 1 fully saturated rings. The molecule has 1 heterocycles. The Labute approximate surface area is 171 Å². The van der Waals surface area contributed by atoms with Crippen LogP contribution in [0, 0.1) is 0 Å². The van der Waals surface area contributed by atoms with E-state index >= 15 is 0 Å². The molecule has 0 radical (unpaired) electrons. The highest BCUT2D eigenvalue weighted by Gasteiger charge is 2.36. The van der Waals surface area contributed by atoms with Crippen LogP contribution in [0.15, 0.2) is 53.4 Å². The predicted octanol–water partition coefficient (Wildman–Crippen LogP) is 4.13. The third-order valence-electron chi connectivity index (χ3n) is 3.88. The molecule has 6 nitrogen and oxygen atoms in total. The van der Waals surface area contributed by atoms with Crippen molar-refractivity contribution < 1.29 is 23.9 Å². The first-order valence-electron chi connectivity index (χ1n) is 8.26. The Morgan fingerprint density at radius 3 is 2.61 bits per heavy atom. The number of carbonyl (C=O) groups excluding carboxylic acids is 3. The van der Waals surface area contributed by atoms with Gasteiger partial charge in [0, 0.05) is 0 Å². The Kier molecular flexibility index (Phi) is 6.38. The summed E-state index contributed by atoms with van der Waals surface area (Å²) in [6.45, 7) is -0.0299. The molecule has 0 saturated carbocycles. The third kappa shape index (κ3) is 4.74. The first-order chi connectivity index (χ1) is 13.5. The second-order valence-corrected chi connectivity index (χ2v) is 7.21. The molecule has 0 aromatic heterocycles. The maximum atomic E-state index is 12.3. The van der Waals surface area contributed by atoms with Crippen molar-refractivity contribution in [3.63, 3.8) is 0 Å². The zero-order valence-electron chi connectivity index (χ0n) is 14.9. The highest BCUT2D eigenvalue weighted by atomic mass is 35.5. The number of esters is 1. The number of thioether (sulfide) groups is 1. The van der Waals surface area contributed by atoms with Gasteiger partial charge >= 0.3 is 5.97 Å². The van der Waals surface area contributed by atoms with Crippen LogP contribution in [-0.4, -0.2) is 35.7 Å². The van der Waals surface area contributed by atoms with E-state index in [-0.39, 0.29) is 4.91 Å². The SMILES string of the molecule is COC(=O)CN1C(=O)S/C(=C\c2ccc(OCc3ccccc3)c(Cl)c2)C1=O.